The predicted molar refractivity (Wildman–Crippen MR) is 111 cm³/mol. The molecule has 2 saturated heterocycles. The number of ether oxygens (including phenoxy) is 1. The van der Waals surface area contributed by atoms with Crippen molar-refractivity contribution in [3.63, 3.8) is 0 Å². The number of methoxy groups -OCH3 is 1. The number of likely N-dealkylation sites (tertiary alicyclic amines) is 1. The van der Waals surface area contributed by atoms with Gasteiger partial charge in [-0.1, -0.05) is 19.9 Å². The summed E-state index contributed by atoms with van der Waals surface area (Å²) in [5.41, 5.74) is 0.667. The van der Waals surface area contributed by atoms with Gasteiger partial charge in [-0.3, -0.25) is 4.90 Å². The van der Waals surface area contributed by atoms with Crippen molar-refractivity contribution in [2.75, 3.05) is 44.4 Å². The molecule has 7 nitrogen and oxygen atoms in total. The Hall–Kier alpha value is -1.80. The van der Waals surface area contributed by atoms with Gasteiger partial charge in [-0.25, -0.2) is 13.2 Å². The number of carbonyl (C=O) groups excluding carboxylic acids is 1. The fourth-order valence-corrected chi connectivity index (χ4v) is 6.30. The molecule has 2 heterocycles. The van der Waals surface area contributed by atoms with Gasteiger partial charge in [0.1, 0.15) is 5.75 Å². The van der Waals surface area contributed by atoms with Crippen LogP contribution in [0.1, 0.15) is 26.7 Å². The molecule has 0 aromatic heterocycles. The average Bonchev–Trinajstić information content (AvgIpc) is 2.88. The molecule has 0 spiro atoms. The highest BCUT2D eigenvalue weighted by molar-refractivity contribution is 7.92. The topological polar surface area (TPSA) is 79.0 Å². The van der Waals surface area contributed by atoms with Crippen molar-refractivity contribution in [2.24, 2.45) is 5.92 Å². The summed E-state index contributed by atoms with van der Waals surface area (Å²) in [6, 6.07) is 7.02. The highest BCUT2D eigenvalue weighted by Gasteiger charge is 2.43. The molecule has 28 heavy (non-hydrogen) atoms. The first kappa shape index (κ1) is 20.9. The van der Waals surface area contributed by atoms with Crippen LogP contribution in [0.2, 0.25) is 0 Å². The van der Waals surface area contributed by atoms with Gasteiger partial charge in [0.05, 0.1) is 18.1 Å². The molecule has 1 aromatic rings. The van der Waals surface area contributed by atoms with E-state index in [1.165, 1.54) is 0 Å². The van der Waals surface area contributed by atoms with Crippen LogP contribution in [0.25, 0.3) is 0 Å². The first-order chi connectivity index (χ1) is 13.3. The van der Waals surface area contributed by atoms with Crippen LogP contribution in [0.15, 0.2) is 24.3 Å². The minimum Gasteiger partial charge on any atom is -0.497 e. The summed E-state index contributed by atoms with van der Waals surface area (Å²) < 4.78 is 30.6. The molecule has 2 aliphatic rings. The Bertz CT molecular complexity index is 796. The lowest BCUT2D eigenvalue weighted by molar-refractivity contribution is 0.161. The van der Waals surface area contributed by atoms with E-state index in [-0.39, 0.29) is 23.1 Å². The Morgan fingerprint density at radius 1 is 1.25 bits per heavy atom. The van der Waals surface area contributed by atoms with Gasteiger partial charge in [0.2, 0.25) is 0 Å². The molecule has 0 saturated carbocycles. The Labute approximate surface area is 167 Å². The molecule has 2 amide bonds. The fraction of sp³-hybridized carbons (Fsp3) is 0.650. The molecular formula is C20H31N3O4S. The number of nitrogens with zero attached hydrogens (tertiary/aromatic N) is 2. The molecule has 2 fully saturated rings. The zero-order valence-electron chi connectivity index (χ0n) is 16.9. The number of rotatable bonds is 4. The molecule has 0 bridgehead atoms. The second kappa shape index (κ2) is 8.69. The number of urea groups is 1. The van der Waals surface area contributed by atoms with Crippen LogP contribution in [0, 0.1) is 5.92 Å². The van der Waals surface area contributed by atoms with Crippen LogP contribution in [-0.4, -0.2) is 74.6 Å². The van der Waals surface area contributed by atoms with Crippen molar-refractivity contribution in [1.82, 2.24) is 9.80 Å². The molecule has 0 aliphatic carbocycles. The normalized spacial score (nSPS) is 25.1. The second-order valence-corrected chi connectivity index (χ2v) is 10.4. The maximum atomic E-state index is 12.8. The fourth-order valence-electron chi connectivity index (χ4n) is 4.26. The Balaban J connectivity index is 1.70. The van der Waals surface area contributed by atoms with E-state index in [2.05, 4.69) is 24.1 Å². The monoisotopic (exact) mass is 409 g/mol. The third-order valence-corrected chi connectivity index (χ3v) is 7.83. The molecule has 156 valence electrons. The smallest absolute Gasteiger partial charge is 0.321 e. The largest absolute Gasteiger partial charge is 0.497 e. The maximum Gasteiger partial charge on any atom is 0.321 e. The lowest BCUT2D eigenvalue weighted by Crippen LogP contribution is -2.55. The summed E-state index contributed by atoms with van der Waals surface area (Å²) in [7, 11) is -1.53. The number of carbonyl (C=O) groups is 1. The number of sulfone groups is 1. The van der Waals surface area contributed by atoms with E-state index in [0.717, 1.165) is 6.54 Å². The summed E-state index contributed by atoms with van der Waals surface area (Å²) in [6.45, 7) is 6.81. The van der Waals surface area contributed by atoms with Crippen LogP contribution in [0.4, 0.5) is 10.5 Å². The lowest BCUT2D eigenvalue weighted by Gasteiger charge is -2.40. The molecule has 1 N–H and O–H groups in total. The Morgan fingerprint density at radius 2 is 2.00 bits per heavy atom. The third kappa shape index (κ3) is 4.78. The van der Waals surface area contributed by atoms with Crippen LogP contribution in [0.3, 0.4) is 0 Å². The van der Waals surface area contributed by atoms with Gasteiger partial charge in [0.25, 0.3) is 0 Å². The van der Waals surface area contributed by atoms with Crippen molar-refractivity contribution in [2.45, 2.75) is 38.0 Å². The van der Waals surface area contributed by atoms with Gasteiger partial charge in [-0.05, 0) is 30.9 Å². The van der Waals surface area contributed by atoms with E-state index in [4.69, 9.17) is 4.74 Å². The van der Waals surface area contributed by atoms with Gasteiger partial charge in [0.15, 0.2) is 9.84 Å². The number of amides is 2. The predicted octanol–water partition coefficient (Wildman–Crippen LogP) is 2.45. The number of hydrogen-bond acceptors (Lipinski definition) is 5. The van der Waals surface area contributed by atoms with Crippen LogP contribution >= 0.6 is 0 Å². The summed E-state index contributed by atoms with van der Waals surface area (Å²) in [4.78, 5) is 16.8. The Morgan fingerprint density at radius 3 is 2.71 bits per heavy atom. The quantitative estimate of drug-likeness (QED) is 0.826. The first-order valence-electron chi connectivity index (χ1n) is 9.96. The number of benzene rings is 1. The van der Waals surface area contributed by atoms with Crippen molar-refractivity contribution in [3.8, 4) is 5.75 Å². The van der Waals surface area contributed by atoms with Crippen molar-refractivity contribution >= 4 is 21.6 Å². The summed E-state index contributed by atoms with van der Waals surface area (Å²) in [6.07, 6.45) is 1.18. The number of fused-ring (bicyclic) bond motifs is 1. The van der Waals surface area contributed by atoms with Crippen molar-refractivity contribution < 1.29 is 17.9 Å². The van der Waals surface area contributed by atoms with E-state index in [0.29, 0.717) is 49.8 Å². The molecule has 0 radical (unpaired) electrons. The van der Waals surface area contributed by atoms with E-state index in [1.807, 2.05) is 18.2 Å². The summed E-state index contributed by atoms with van der Waals surface area (Å²) >= 11 is 0. The molecule has 2 atom stereocenters. The lowest BCUT2D eigenvalue weighted by atomic mass is 10.0. The zero-order chi connectivity index (χ0) is 20.3. The molecule has 1 aromatic carbocycles. The van der Waals surface area contributed by atoms with E-state index < -0.39 is 9.84 Å². The molecule has 8 heteroatoms. The van der Waals surface area contributed by atoms with E-state index in [9.17, 15) is 13.2 Å². The molecule has 0 unspecified atom stereocenters. The minimum atomic E-state index is -3.11. The standard InChI is InChI=1S/C20H31N3O4S/c1-15(2)14-23-11-12-28(25,26)19-8-10-22(9-7-18(19)23)20(24)21-16-5-4-6-17(13-16)27-3/h4-6,13,15,18-19H,7-12,14H2,1-3H3,(H,21,24)/t18-,19+/m0/s1. The van der Waals surface area contributed by atoms with Crippen molar-refractivity contribution in [3.05, 3.63) is 24.3 Å². The first-order valence-corrected chi connectivity index (χ1v) is 11.7. The van der Waals surface area contributed by atoms with Gasteiger partial charge < -0.3 is 15.0 Å². The summed E-state index contributed by atoms with van der Waals surface area (Å²) in [5, 5.41) is 2.52. The summed E-state index contributed by atoms with van der Waals surface area (Å²) in [5.74, 6) is 1.38. The highest BCUT2D eigenvalue weighted by Crippen LogP contribution is 2.29. The maximum absolute atomic E-state index is 12.8. The zero-order valence-corrected chi connectivity index (χ0v) is 17.7. The number of anilines is 1. The molecule has 2 aliphatic heterocycles. The van der Waals surface area contributed by atoms with Crippen LogP contribution in [-0.2, 0) is 9.84 Å². The number of nitrogens with one attached hydrogen (secondary N) is 1. The SMILES string of the molecule is COc1cccc(NC(=O)N2CC[C@@H]3[C@H](CC2)N(CC(C)C)CCS3(=O)=O)c1. The number of hydrogen-bond donors (Lipinski definition) is 1. The van der Waals surface area contributed by atoms with E-state index in [1.54, 1.807) is 18.1 Å². The average molecular weight is 410 g/mol. The van der Waals surface area contributed by atoms with Crippen LogP contribution < -0.4 is 10.1 Å². The van der Waals surface area contributed by atoms with Crippen molar-refractivity contribution in [1.29, 1.82) is 0 Å². The molecular weight excluding hydrogens is 378 g/mol. The van der Waals surface area contributed by atoms with Gasteiger partial charge >= 0.3 is 6.03 Å². The molecule has 3 rings (SSSR count). The van der Waals surface area contributed by atoms with Crippen LogP contribution in [0.5, 0.6) is 5.75 Å². The Kier molecular flexibility index (Phi) is 6.50. The second-order valence-electron chi connectivity index (χ2n) is 8.09. The van der Waals surface area contributed by atoms with Gasteiger partial charge in [-0.2, -0.15) is 0 Å². The minimum absolute atomic E-state index is 0.00392. The highest BCUT2D eigenvalue weighted by atomic mass is 32.2. The van der Waals surface area contributed by atoms with Gasteiger partial charge in [0, 0.05) is 44.0 Å². The third-order valence-electron chi connectivity index (χ3n) is 5.61. The van der Waals surface area contributed by atoms with E-state index >= 15 is 0 Å². The van der Waals surface area contributed by atoms with Gasteiger partial charge in [-0.15, -0.1) is 0 Å².